The maximum atomic E-state index is 11.6. The third-order valence-electron chi connectivity index (χ3n) is 3.36. The Hall–Kier alpha value is -0.660. The highest BCUT2D eigenvalue weighted by molar-refractivity contribution is 9.10. The van der Waals surface area contributed by atoms with Gasteiger partial charge in [-0.3, -0.25) is 0 Å². The molecule has 7 heteroatoms. The molecular weight excluding hydrogens is 354 g/mol. The quantitative estimate of drug-likeness (QED) is 0.874. The monoisotopic (exact) mass is 375 g/mol. The smallest absolute Gasteiger partial charge is 0.153 e. The average Bonchev–Trinajstić information content (AvgIpc) is 2.36. The van der Waals surface area contributed by atoms with Gasteiger partial charge in [-0.25, -0.2) is 13.4 Å². The van der Waals surface area contributed by atoms with Gasteiger partial charge in [-0.05, 0) is 42.8 Å². The Bertz CT molecular complexity index is 597. The molecule has 1 fully saturated rings. The van der Waals surface area contributed by atoms with Crippen LogP contribution in [0.3, 0.4) is 0 Å². The van der Waals surface area contributed by atoms with Crippen LogP contribution in [0.4, 0.5) is 5.82 Å². The molecule has 1 N–H and O–H groups in total. The lowest BCUT2D eigenvalue weighted by molar-refractivity contribution is 0.424. The summed E-state index contributed by atoms with van der Waals surface area (Å²) in [5.74, 6) is 1.29. The Morgan fingerprint density at radius 1 is 1.33 bits per heavy atom. The zero-order valence-electron chi connectivity index (χ0n) is 12.7. The van der Waals surface area contributed by atoms with E-state index in [4.69, 9.17) is 0 Å². The molecule has 0 radical (unpaired) electrons. The highest BCUT2D eigenvalue weighted by Crippen LogP contribution is 2.23. The van der Waals surface area contributed by atoms with Gasteiger partial charge in [0.1, 0.15) is 5.82 Å². The predicted octanol–water partition coefficient (Wildman–Crippen LogP) is 1.97. The van der Waals surface area contributed by atoms with Crippen LogP contribution in [0, 0.1) is 0 Å². The Balaban J connectivity index is 2.19. The van der Waals surface area contributed by atoms with E-state index in [-0.39, 0.29) is 17.0 Å². The summed E-state index contributed by atoms with van der Waals surface area (Å²) in [7, 11) is -2.87. The van der Waals surface area contributed by atoms with Gasteiger partial charge in [-0.15, -0.1) is 0 Å². The summed E-state index contributed by atoms with van der Waals surface area (Å²) in [5.41, 5.74) is 1.10. The van der Waals surface area contributed by atoms with E-state index in [1.807, 2.05) is 6.07 Å². The van der Waals surface area contributed by atoms with Crippen LogP contribution in [-0.4, -0.2) is 43.5 Å². The Morgan fingerprint density at radius 3 is 2.52 bits per heavy atom. The van der Waals surface area contributed by atoms with Crippen molar-refractivity contribution < 1.29 is 8.42 Å². The predicted molar refractivity (Wildman–Crippen MR) is 89.4 cm³/mol. The molecule has 1 aromatic rings. The number of halogens is 1. The lowest BCUT2D eigenvalue weighted by atomic mass is 10.1. The fourth-order valence-electron chi connectivity index (χ4n) is 2.17. The van der Waals surface area contributed by atoms with Crippen molar-refractivity contribution in [3.05, 3.63) is 22.3 Å². The Morgan fingerprint density at radius 2 is 1.95 bits per heavy atom. The number of aromatic nitrogens is 1. The minimum absolute atomic E-state index is 0.0187. The van der Waals surface area contributed by atoms with Gasteiger partial charge < -0.3 is 10.2 Å². The lowest BCUT2D eigenvalue weighted by Crippen LogP contribution is -2.42. The zero-order valence-corrected chi connectivity index (χ0v) is 15.1. The molecule has 0 amide bonds. The molecule has 118 valence electrons. The fraction of sp³-hybridized carbons (Fsp3) is 0.643. The summed E-state index contributed by atoms with van der Waals surface area (Å²) in [4.78, 5) is 6.56. The molecule has 1 aliphatic rings. The van der Waals surface area contributed by atoms with Gasteiger partial charge in [0.15, 0.2) is 9.84 Å². The summed E-state index contributed by atoms with van der Waals surface area (Å²) in [5, 5.41) is 3.46. The zero-order chi connectivity index (χ0) is 15.7. The summed E-state index contributed by atoms with van der Waals surface area (Å²) < 4.78 is 24.0. The molecule has 21 heavy (non-hydrogen) atoms. The molecule has 5 nitrogen and oxygen atoms in total. The molecule has 0 saturated carbocycles. The van der Waals surface area contributed by atoms with Gasteiger partial charge in [-0.2, -0.15) is 0 Å². The van der Waals surface area contributed by atoms with Crippen molar-refractivity contribution in [3.8, 4) is 0 Å². The van der Waals surface area contributed by atoms with Crippen molar-refractivity contribution in [2.45, 2.75) is 32.9 Å². The van der Waals surface area contributed by atoms with E-state index in [1.54, 1.807) is 6.20 Å². The van der Waals surface area contributed by atoms with Crippen LogP contribution in [0.25, 0.3) is 0 Å². The van der Waals surface area contributed by atoms with Gasteiger partial charge in [0.2, 0.25) is 0 Å². The topological polar surface area (TPSA) is 62.3 Å². The molecule has 0 aromatic carbocycles. The van der Waals surface area contributed by atoms with E-state index >= 15 is 0 Å². The summed E-state index contributed by atoms with van der Waals surface area (Å²) in [6, 6.07) is 2.05. The van der Waals surface area contributed by atoms with Gasteiger partial charge >= 0.3 is 0 Å². The number of hydrogen-bond donors (Lipinski definition) is 1. The third kappa shape index (κ3) is 4.93. The number of hydrogen-bond acceptors (Lipinski definition) is 5. The summed E-state index contributed by atoms with van der Waals surface area (Å²) in [6.45, 7) is 8.08. The maximum Gasteiger partial charge on any atom is 0.153 e. The average molecular weight is 376 g/mol. The van der Waals surface area contributed by atoms with Gasteiger partial charge in [0.05, 0.1) is 11.5 Å². The minimum Gasteiger partial charge on any atom is -0.354 e. The molecule has 0 atom stereocenters. The second-order valence-corrected chi connectivity index (χ2v) is 9.60. The molecule has 2 rings (SSSR count). The van der Waals surface area contributed by atoms with E-state index < -0.39 is 9.84 Å². The van der Waals surface area contributed by atoms with Crippen molar-refractivity contribution in [1.82, 2.24) is 10.3 Å². The molecule has 1 aromatic heterocycles. The highest BCUT2D eigenvalue weighted by atomic mass is 79.9. The molecule has 2 heterocycles. The first kappa shape index (κ1) is 16.7. The first-order valence-electron chi connectivity index (χ1n) is 7.01. The summed E-state index contributed by atoms with van der Waals surface area (Å²) >= 11 is 3.45. The number of pyridine rings is 1. The van der Waals surface area contributed by atoms with Gasteiger partial charge in [0.25, 0.3) is 0 Å². The SMILES string of the molecule is CC(C)(C)NCc1cc(Br)cnc1N1CCS(=O)(=O)CC1. The normalized spacial score (nSPS) is 18.8. The lowest BCUT2D eigenvalue weighted by Gasteiger charge is -2.30. The number of sulfone groups is 1. The minimum atomic E-state index is -2.87. The van der Waals surface area contributed by atoms with Crippen molar-refractivity contribution in [1.29, 1.82) is 0 Å². The highest BCUT2D eigenvalue weighted by Gasteiger charge is 2.24. The van der Waals surface area contributed by atoms with E-state index in [2.05, 4.69) is 51.9 Å². The standard InChI is InChI=1S/C14H22BrN3O2S/c1-14(2,3)17-9-11-8-12(15)10-16-13(11)18-4-6-21(19,20)7-5-18/h8,10,17H,4-7,9H2,1-3H3. The molecule has 0 bridgehead atoms. The van der Waals surface area contributed by atoms with Crippen LogP contribution in [-0.2, 0) is 16.4 Å². The van der Waals surface area contributed by atoms with E-state index in [0.717, 1.165) is 15.9 Å². The molecule has 1 saturated heterocycles. The first-order chi connectivity index (χ1) is 9.66. The van der Waals surface area contributed by atoms with Crippen LogP contribution in [0.2, 0.25) is 0 Å². The molecule has 0 aliphatic carbocycles. The second kappa shape index (κ2) is 6.22. The van der Waals surface area contributed by atoms with Crippen LogP contribution in [0.15, 0.2) is 16.7 Å². The number of nitrogens with zero attached hydrogens (tertiary/aromatic N) is 2. The number of anilines is 1. The molecule has 1 aliphatic heterocycles. The van der Waals surface area contributed by atoms with Crippen LogP contribution >= 0.6 is 15.9 Å². The van der Waals surface area contributed by atoms with E-state index in [1.165, 1.54) is 0 Å². The largest absolute Gasteiger partial charge is 0.354 e. The van der Waals surface area contributed by atoms with Gasteiger partial charge in [0, 0.05) is 41.4 Å². The molecule has 0 spiro atoms. The summed E-state index contributed by atoms with van der Waals surface area (Å²) in [6.07, 6.45) is 1.76. The van der Waals surface area contributed by atoms with Crippen molar-refractivity contribution >= 4 is 31.6 Å². The molecular formula is C14H22BrN3O2S. The van der Waals surface area contributed by atoms with Gasteiger partial charge in [-0.1, -0.05) is 0 Å². The Kier molecular flexibility index (Phi) is 4.95. The third-order valence-corrected chi connectivity index (χ3v) is 5.41. The first-order valence-corrected chi connectivity index (χ1v) is 9.63. The van der Waals surface area contributed by atoms with E-state index in [9.17, 15) is 8.42 Å². The maximum absolute atomic E-state index is 11.6. The van der Waals surface area contributed by atoms with Crippen LogP contribution in [0.5, 0.6) is 0 Å². The second-order valence-electron chi connectivity index (χ2n) is 6.38. The van der Waals surface area contributed by atoms with Crippen LogP contribution < -0.4 is 10.2 Å². The number of nitrogens with one attached hydrogen (secondary N) is 1. The molecule has 0 unspecified atom stereocenters. The van der Waals surface area contributed by atoms with Crippen molar-refractivity contribution in [3.63, 3.8) is 0 Å². The number of rotatable bonds is 3. The fourth-order valence-corrected chi connectivity index (χ4v) is 3.75. The van der Waals surface area contributed by atoms with Crippen molar-refractivity contribution in [2.75, 3.05) is 29.5 Å². The Labute approximate surface area is 135 Å². The van der Waals surface area contributed by atoms with E-state index in [0.29, 0.717) is 19.6 Å². The van der Waals surface area contributed by atoms with Crippen LogP contribution in [0.1, 0.15) is 26.3 Å². The van der Waals surface area contributed by atoms with Crippen molar-refractivity contribution in [2.24, 2.45) is 0 Å².